The van der Waals surface area contributed by atoms with Crippen molar-refractivity contribution >= 4 is 46.3 Å². The molecule has 0 aliphatic rings. The van der Waals surface area contributed by atoms with Gasteiger partial charge in [0, 0.05) is 0 Å². The monoisotopic (exact) mass is 836 g/mol. The number of para-hydroxylation sites is 2. The first-order valence-electron chi connectivity index (χ1n) is 18.3. The molecule has 0 saturated carbocycles. The summed E-state index contributed by atoms with van der Waals surface area (Å²) in [6, 6.07) is 17.5. The van der Waals surface area contributed by atoms with Crippen LogP contribution in [-0.2, 0) is 13.0 Å². The molecule has 4 aromatic rings. The number of pyridine rings is 1. The van der Waals surface area contributed by atoms with Crippen molar-refractivity contribution in [3.05, 3.63) is 96.9 Å². The van der Waals surface area contributed by atoms with E-state index in [1.807, 2.05) is 19.1 Å². The molecule has 276 valence electrons. The molecule has 49 heavy (non-hydrogen) atoms. The number of rotatable bonds is 15. The fraction of sp³-hybridized carbons (Fsp3) is 0.512. The van der Waals surface area contributed by atoms with Crippen LogP contribution in [0.1, 0.15) is 158 Å². The summed E-state index contributed by atoms with van der Waals surface area (Å²) in [5.74, 6) is 1.29. The van der Waals surface area contributed by atoms with Crippen LogP contribution in [0.4, 0.5) is 0 Å². The molecule has 0 spiro atoms. The third-order valence-electron chi connectivity index (χ3n) is 10.6. The number of aromatic nitrogens is 3. The van der Waals surface area contributed by atoms with Crippen LogP contribution < -0.4 is 4.04 Å². The Morgan fingerprint density at radius 3 is 1.16 bits per heavy atom. The molecule has 3 nitrogen and oxygen atoms in total. The molecule has 0 fully saturated rings. The standard InChI is InChI=1S/C35H50Cl2N2.C6H6N.2ClH.Pd/c1-9-24(10-2)28-19-17-20-29(25(11-3)12-4)32(28)38-23-39(35(37)34(38)36)33-30(26(13-5)14-6)21-18-22-31(33)27(15-7)16-8;1-6-4-2-3-5-7-6;;;/h17-22,24-27H,9-16H2,1-8H3;2-3,5H,1H3;2*1H;/q;;;;-1/p-2. The van der Waals surface area contributed by atoms with Crippen molar-refractivity contribution in [3.8, 4) is 11.4 Å². The Morgan fingerprint density at radius 2 is 0.878 bits per heavy atom. The molecule has 2 aromatic heterocycles. The first-order valence-corrected chi connectivity index (χ1v) is 24.6. The summed E-state index contributed by atoms with van der Waals surface area (Å²) in [4.78, 5) is 4.68. The van der Waals surface area contributed by atoms with Gasteiger partial charge >= 0.3 is 319 Å². The Bertz CT molecular complexity index is 1640. The molecular weight excluding hydrogens is 783 g/mol. The maximum absolute atomic E-state index is 8.00. The van der Waals surface area contributed by atoms with Crippen LogP contribution in [0, 0.1) is 10.8 Å². The third kappa shape index (κ3) is 7.73. The molecule has 8 heteroatoms. The molecule has 0 saturated heterocycles. The predicted octanol–water partition coefficient (Wildman–Crippen LogP) is 14.2. The van der Waals surface area contributed by atoms with Gasteiger partial charge in [-0.2, -0.15) is 0 Å². The number of halogens is 4. The number of hydrogen-bond donors (Lipinski definition) is 0. The van der Waals surface area contributed by atoms with Crippen molar-refractivity contribution in [2.24, 2.45) is 0 Å². The Hall–Kier alpha value is -1.38. The van der Waals surface area contributed by atoms with Gasteiger partial charge in [0.1, 0.15) is 0 Å². The number of benzene rings is 2. The summed E-state index contributed by atoms with van der Waals surface area (Å²) in [6.07, 6.45) is 9.81. The Morgan fingerprint density at radius 1 is 0.551 bits per heavy atom. The van der Waals surface area contributed by atoms with Crippen LogP contribution in [0.3, 0.4) is 0 Å². The molecule has 0 aliphatic heterocycles. The fourth-order valence-electron chi connectivity index (χ4n) is 7.63. The van der Waals surface area contributed by atoms with Gasteiger partial charge in [-0.25, -0.2) is 0 Å². The summed E-state index contributed by atoms with van der Waals surface area (Å²) < 4.78 is 5.96. The van der Waals surface area contributed by atoms with Crippen molar-refractivity contribution in [2.75, 3.05) is 0 Å². The molecule has 4 rings (SSSR count). The average Bonchev–Trinajstić information content (AvgIpc) is 3.37. The minimum absolute atomic E-state index is 0.322. The van der Waals surface area contributed by atoms with Gasteiger partial charge < -0.3 is 0 Å². The van der Waals surface area contributed by atoms with Gasteiger partial charge in [-0.15, -0.1) is 0 Å². The number of imidazole rings is 1. The van der Waals surface area contributed by atoms with Crippen LogP contribution in [0.2, 0.25) is 10.3 Å². The normalized spacial score (nSPS) is 12.7. The van der Waals surface area contributed by atoms with Gasteiger partial charge in [0.25, 0.3) is 0 Å². The molecule has 2 heterocycles. The second-order valence-electron chi connectivity index (χ2n) is 13.0. The van der Waals surface area contributed by atoms with E-state index < -0.39 is 13.0 Å². The van der Waals surface area contributed by atoms with Gasteiger partial charge in [-0.3, -0.25) is 0 Å². The van der Waals surface area contributed by atoms with Crippen molar-refractivity contribution in [1.82, 2.24) is 14.1 Å². The molecule has 0 radical (unpaired) electrons. The molecular formula is C41H56Cl4N3Pd-3. The van der Waals surface area contributed by atoms with Crippen molar-refractivity contribution in [3.63, 3.8) is 0 Å². The molecule has 2 aromatic carbocycles. The van der Waals surface area contributed by atoms with Gasteiger partial charge in [0.15, 0.2) is 0 Å². The summed E-state index contributed by atoms with van der Waals surface area (Å²) in [5, 5.41) is 0.889. The summed E-state index contributed by atoms with van der Waals surface area (Å²) >= 11 is 11.5. The van der Waals surface area contributed by atoms with Crippen molar-refractivity contribution in [2.45, 2.75) is 137 Å². The fourth-order valence-corrected chi connectivity index (χ4v) is 14.3. The van der Waals surface area contributed by atoms with Crippen molar-refractivity contribution in [1.29, 1.82) is 0 Å². The Balaban J connectivity index is 2.46. The SMILES string of the molecule is CCC(CC)c1cccc(C(CC)CC)c1-n1c(Cl)c(Cl)n(-c2c(C(CC)CC)cccc2C(CC)CC)[c]1=[Pd-3]([Cl])([Cl])[c]1cccnc1C. The van der Waals surface area contributed by atoms with Crippen LogP contribution in [0.15, 0.2) is 54.7 Å². The molecule has 0 aliphatic carbocycles. The van der Waals surface area contributed by atoms with Gasteiger partial charge in [0.2, 0.25) is 0 Å². The number of hydrogen-bond acceptors (Lipinski definition) is 1. The zero-order valence-electron chi connectivity index (χ0n) is 30.8. The number of aryl methyl sites for hydroxylation is 1. The van der Waals surface area contributed by atoms with Gasteiger partial charge in [-0.1, -0.05) is 0 Å². The van der Waals surface area contributed by atoms with Crippen LogP contribution in [0.5, 0.6) is 0 Å². The molecule has 0 N–H and O–H groups in total. The minimum atomic E-state index is -3.80. The van der Waals surface area contributed by atoms with E-state index in [-0.39, 0.29) is 0 Å². The molecule has 0 amide bonds. The first-order chi connectivity index (χ1) is 23.5. The third-order valence-corrected chi connectivity index (χ3v) is 17.6. The second-order valence-corrected chi connectivity index (χ2v) is 22.0. The van der Waals surface area contributed by atoms with Crippen LogP contribution in [0.25, 0.3) is 11.4 Å². The molecule has 0 unspecified atom stereocenters. The van der Waals surface area contributed by atoms with E-state index in [0.717, 1.165) is 76.4 Å². The second kappa shape index (κ2) is 17.9. The molecule has 0 bridgehead atoms. The van der Waals surface area contributed by atoms with Crippen LogP contribution >= 0.6 is 42.3 Å². The maximum atomic E-state index is 8.00. The van der Waals surface area contributed by atoms with Crippen molar-refractivity contribution < 1.29 is 13.0 Å². The van der Waals surface area contributed by atoms with E-state index in [1.165, 1.54) is 22.3 Å². The zero-order valence-corrected chi connectivity index (χ0v) is 35.4. The summed E-state index contributed by atoms with van der Waals surface area (Å²) in [5.41, 5.74) is 8.01. The van der Waals surface area contributed by atoms with E-state index in [9.17, 15) is 0 Å². The summed E-state index contributed by atoms with van der Waals surface area (Å²) in [7, 11) is 16.0. The summed E-state index contributed by atoms with van der Waals surface area (Å²) in [6.45, 7) is 20.1. The Kier molecular flexibility index (Phi) is 14.8. The first kappa shape index (κ1) is 40.4. The van der Waals surface area contributed by atoms with Gasteiger partial charge in [0.05, 0.1) is 0 Å². The van der Waals surface area contributed by atoms with Crippen LogP contribution in [-0.4, -0.2) is 14.1 Å². The predicted molar refractivity (Wildman–Crippen MR) is 212 cm³/mol. The topological polar surface area (TPSA) is 22.8 Å². The average molecular weight is 839 g/mol. The quantitative estimate of drug-likeness (QED) is 0.109. The Labute approximate surface area is 316 Å². The van der Waals surface area contributed by atoms with E-state index in [0.29, 0.717) is 34.0 Å². The molecule has 0 atom stereocenters. The van der Waals surface area contributed by atoms with E-state index in [1.54, 1.807) is 6.20 Å². The van der Waals surface area contributed by atoms with E-state index >= 15 is 0 Å². The zero-order chi connectivity index (χ0) is 36.0. The van der Waals surface area contributed by atoms with E-state index in [4.69, 9.17) is 42.3 Å². The number of nitrogens with zero attached hydrogens (tertiary/aromatic N) is 3. The van der Waals surface area contributed by atoms with Gasteiger partial charge in [-0.05, 0) is 0 Å². The van der Waals surface area contributed by atoms with E-state index in [2.05, 4.69) is 106 Å².